The number of nitrogens with one attached hydrogen (secondary N) is 1. The van der Waals surface area contributed by atoms with E-state index < -0.39 is 0 Å². The Morgan fingerprint density at radius 1 is 0.929 bits per heavy atom. The first-order valence-electron chi connectivity index (χ1n) is 9.14. The summed E-state index contributed by atoms with van der Waals surface area (Å²) in [6.45, 7) is 2.02. The number of anilines is 1. The highest BCUT2D eigenvalue weighted by Gasteiger charge is 2.18. The minimum absolute atomic E-state index is 0.0221. The smallest absolute Gasteiger partial charge is 0.237 e. The molecule has 0 aliphatic carbocycles. The molecule has 3 rings (SSSR count). The predicted octanol–water partition coefficient (Wildman–Crippen LogP) is 7.14. The fourth-order valence-corrected chi connectivity index (χ4v) is 4.55. The Morgan fingerprint density at radius 2 is 1.61 bits per heavy atom. The molecule has 1 N–H and O–H groups in total. The first kappa shape index (κ1) is 20.8. The Bertz CT molecular complexity index is 883. The van der Waals surface area contributed by atoms with Gasteiger partial charge in [0.25, 0.3) is 0 Å². The zero-order valence-electron chi connectivity index (χ0n) is 15.6. The molecule has 2 nitrogen and oxygen atoms in total. The molecule has 0 saturated carbocycles. The minimum atomic E-state index is -0.144. The SMILES string of the molecule is CC[C@H](Sc1ccc(Cl)cc1)C(=O)Nc1ccc(CSc2ccccc2)cc1. The molecular formula is C23H22ClNOS2. The average molecular weight is 428 g/mol. The van der Waals surface area contributed by atoms with Crippen LogP contribution < -0.4 is 5.32 Å². The van der Waals surface area contributed by atoms with Gasteiger partial charge in [-0.3, -0.25) is 4.79 Å². The quantitative estimate of drug-likeness (QED) is 0.387. The van der Waals surface area contributed by atoms with Gasteiger partial charge < -0.3 is 5.32 Å². The summed E-state index contributed by atoms with van der Waals surface area (Å²) in [7, 11) is 0. The number of hydrogen-bond acceptors (Lipinski definition) is 3. The Balaban J connectivity index is 1.54. The number of amides is 1. The van der Waals surface area contributed by atoms with E-state index in [0.29, 0.717) is 5.02 Å². The number of benzene rings is 3. The third-order valence-corrected chi connectivity index (χ3v) is 6.84. The zero-order valence-corrected chi connectivity index (χ0v) is 18.0. The largest absolute Gasteiger partial charge is 0.325 e. The van der Waals surface area contributed by atoms with Gasteiger partial charge in [-0.25, -0.2) is 0 Å². The van der Waals surface area contributed by atoms with E-state index in [9.17, 15) is 4.79 Å². The summed E-state index contributed by atoms with van der Waals surface area (Å²) in [6.07, 6.45) is 0.755. The van der Waals surface area contributed by atoms with Gasteiger partial charge in [0.15, 0.2) is 0 Å². The number of hydrogen-bond donors (Lipinski definition) is 1. The number of halogens is 1. The van der Waals surface area contributed by atoms with Gasteiger partial charge in [-0.1, -0.05) is 48.9 Å². The standard InChI is InChI=1S/C23H22ClNOS2/c1-2-22(28-21-14-10-18(24)11-15-21)23(26)25-19-12-8-17(9-13-19)16-27-20-6-4-3-5-7-20/h3-15,22H,2,16H2,1H3,(H,25,26)/t22-/m0/s1. The van der Waals surface area contributed by atoms with E-state index in [1.54, 1.807) is 23.5 Å². The van der Waals surface area contributed by atoms with Crippen molar-refractivity contribution in [3.8, 4) is 0 Å². The van der Waals surface area contributed by atoms with Crippen molar-refractivity contribution in [3.63, 3.8) is 0 Å². The van der Waals surface area contributed by atoms with Gasteiger partial charge in [0.1, 0.15) is 0 Å². The van der Waals surface area contributed by atoms with Crippen LogP contribution >= 0.6 is 35.1 Å². The van der Waals surface area contributed by atoms with Crippen LogP contribution in [0, 0.1) is 0 Å². The summed E-state index contributed by atoms with van der Waals surface area (Å²) >= 11 is 9.30. The fourth-order valence-electron chi connectivity index (χ4n) is 2.59. The second kappa shape index (κ2) is 10.6. The maximum atomic E-state index is 12.6. The molecule has 0 bridgehead atoms. The highest BCUT2D eigenvalue weighted by Crippen LogP contribution is 2.28. The number of carbonyl (C=O) groups is 1. The van der Waals surface area contributed by atoms with Crippen LogP contribution in [0.5, 0.6) is 0 Å². The van der Waals surface area contributed by atoms with Crippen molar-refractivity contribution >= 4 is 46.7 Å². The molecule has 0 radical (unpaired) electrons. The molecule has 5 heteroatoms. The molecule has 0 spiro atoms. The van der Waals surface area contributed by atoms with Crippen LogP contribution in [-0.2, 0) is 10.5 Å². The molecule has 0 aliphatic rings. The molecule has 0 aromatic heterocycles. The molecule has 144 valence electrons. The van der Waals surface area contributed by atoms with Crippen molar-refractivity contribution in [2.45, 2.75) is 34.1 Å². The van der Waals surface area contributed by atoms with E-state index in [-0.39, 0.29) is 11.2 Å². The number of rotatable bonds is 8. The summed E-state index contributed by atoms with van der Waals surface area (Å²) in [5.74, 6) is 0.927. The van der Waals surface area contributed by atoms with E-state index in [1.807, 2.05) is 61.5 Å². The van der Waals surface area contributed by atoms with Gasteiger partial charge in [0, 0.05) is 26.3 Å². The lowest BCUT2D eigenvalue weighted by atomic mass is 10.2. The van der Waals surface area contributed by atoms with Crippen LogP contribution in [-0.4, -0.2) is 11.2 Å². The predicted molar refractivity (Wildman–Crippen MR) is 122 cm³/mol. The molecule has 28 heavy (non-hydrogen) atoms. The Labute approximate surface area is 180 Å². The molecule has 1 amide bonds. The highest BCUT2D eigenvalue weighted by atomic mass is 35.5. The van der Waals surface area contributed by atoms with E-state index in [2.05, 4.69) is 29.6 Å². The summed E-state index contributed by atoms with van der Waals surface area (Å²) in [4.78, 5) is 14.9. The molecule has 0 unspecified atom stereocenters. The number of thioether (sulfide) groups is 2. The van der Waals surface area contributed by atoms with Gasteiger partial charge >= 0.3 is 0 Å². The van der Waals surface area contributed by atoms with Crippen LogP contribution in [0.4, 0.5) is 5.69 Å². The second-order valence-electron chi connectivity index (χ2n) is 6.26. The molecular weight excluding hydrogens is 406 g/mol. The molecule has 0 heterocycles. The zero-order chi connectivity index (χ0) is 19.8. The maximum Gasteiger partial charge on any atom is 0.237 e. The van der Waals surface area contributed by atoms with Gasteiger partial charge in [-0.05, 0) is 60.5 Å². The summed E-state index contributed by atoms with van der Waals surface area (Å²) in [5.41, 5.74) is 2.06. The van der Waals surface area contributed by atoms with Gasteiger partial charge in [-0.2, -0.15) is 0 Å². The normalized spacial score (nSPS) is 11.8. The first-order chi connectivity index (χ1) is 13.6. The number of carbonyl (C=O) groups excluding carboxylic acids is 1. The molecule has 0 fully saturated rings. The van der Waals surface area contributed by atoms with Crippen LogP contribution in [0.2, 0.25) is 5.02 Å². The van der Waals surface area contributed by atoms with Gasteiger partial charge in [0.05, 0.1) is 5.25 Å². The molecule has 0 saturated heterocycles. The lowest BCUT2D eigenvalue weighted by molar-refractivity contribution is -0.115. The van der Waals surface area contributed by atoms with Gasteiger partial charge in [-0.15, -0.1) is 23.5 Å². The van der Waals surface area contributed by atoms with Crippen LogP contribution in [0.3, 0.4) is 0 Å². The highest BCUT2D eigenvalue weighted by molar-refractivity contribution is 8.00. The van der Waals surface area contributed by atoms with E-state index >= 15 is 0 Å². The molecule has 3 aromatic carbocycles. The van der Waals surface area contributed by atoms with Gasteiger partial charge in [0.2, 0.25) is 5.91 Å². The van der Waals surface area contributed by atoms with E-state index in [4.69, 9.17) is 11.6 Å². The Morgan fingerprint density at radius 3 is 2.25 bits per heavy atom. The topological polar surface area (TPSA) is 29.1 Å². The monoisotopic (exact) mass is 427 g/mol. The lowest BCUT2D eigenvalue weighted by Gasteiger charge is -2.15. The minimum Gasteiger partial charge on any atom is -0.325 e. The fraction of sp³-hybridized carbons (Fsp3) is 0.174. The van der Waals surface area contributed by atoms with Crippen molar-refractivity contribution in [2.75, 3.05) is 5.32 Å². The first-order valence-corrected chi connectivity index (χ1v) is 11.4. The second-order valence-corrected chi connectivity index (χ2v) is 9.02. The third kappa shape index (κ3) is 6.33. The van der Waals surface area contributed by atoms with Crippen molar-refractivity contribution in [2.24, 2.45) is 0 Å². The third-order valence-electron chi connectivity index (χ3n) is 4.13. The molecule has 1 atom stereocenters. The lowest BCUT2D eigenvalue weighted by Crippen LogP contribution is -2.24. The Kier molecular flexibility index (Phi) is 7.90. The van der Waals surface area contributed by atoms with Crippen LogP contribution in [0.1, 0.15) is 18.9 Å². The van der Waals surface area contributed by atoms with Crippen molar-refractivity contribution in [1.82, 2.24) is 0 Å². The maximum absolute atomic E-state index is 12.6. The van der Waals surface area contributed by atoms with E-state index in [0.717, 1.165) is 22.8 Å². The van der Waals surface area contributed by atoms with Crippen molar-refractivity contribution < 1.29 is 4.79 Å². The summed E-state index contributed by atoms with van der Waals surface area (Å²) < 4.78 is 0. The van der Waals surface area contributed by atoms with Crippen LogP contribution in [0.15, 0.2) is 88.7 Å². The summed E-state index contributed by atoms with van der Waals surface area (Å²) in [6, 6.07) is 26.0. The average Bonchev–Trinajstić information content (AvgIpc) is 2.73. The van der Waals surface area contributed by atoms with Crippen molar-refractivity contribution in [3.05, 3.63) is 89.4 Å². The van der Waals surface area contributed by atoms with E-state index in [1.165, 1.54) is 10.5 Å². The van der Waals surface area contributed by atoms with Crippen LogP contribution in [0.25, 0.3) is 0 Å². The summed E-state index contributed by atoms with van der Waals surface area (Å²) in [5, 5.41) is 3.59. The molecule has 0 aliphatic heterocycles. The van der Waals surface area contributed by atoms with Crippen molar-refractivity contribution in [1.29, 1.82) is 0 Å². The Hall–Kier alpha value is -1.88. The molecule has 3 aromatic rings.